The van der Waals surface area contributed by atoms with Crippen molar-refractivity contribution >= 4 is 24.5 Å². The number of likely N-dealkylation sites (tertiary alicyclic amines) is 1. The molecule has 1 fully saturated rings. The van der Waals surface area contributed by atoms with Crippen LogP contribution in [0.5, 0.6) is 0 Å². The van der Waals surface area contributed by atoms with Crippen molar-refractivity contribution in [3.8, 4) is 0 Å². The molecular formula is C10H17NO3S. The molecule has 1 heterocycles. The molecule has 15 heavy (non-hydrogen) atoms. The third-order valence-electron chi connectivity index (χ3n) is 2.85. The lowest BCUT2D eigenvalue weighted by atomic mass is 9.96. The largest absolute Gasteiger partial charge is 0.481 e. The number of carbonyl (C=O) groups is 2. The van der Waals surface area contributed by atoms with Gasteiger partial charge in [-0.2, -0.15) is 12.6 Å². The summed E-state index contributed by atoms with van der Waals surface area (Å²) in [6.45, 7) is 2.97. The number of thiol groups is 1. The number of carboxylic acids is 1. The van der Waals surface area contributed by atoms with Crippen LogP contribution in [0.1, 0.15) is 19.8 Å². The summed E-state index contributed by atoms with van der Waals surface area (Å²) in [5.74, 6) is -0.467. The number of piperidine rings is 1. The van der Waals surface area contributed by atoms with Crippen LogP contribution in [-0.4, -0.2) is 40.7 Å². The Kier molecular flexibility index (Phi) is 4.45. The minimum Gasteiger partial charge on any atom is -0.481 e. The molecule has 0 aromatic carbocycles. The van der Waals surface area contributed by atoms with Crippen molar-refractivity contribution in [2.75, 3.05) is 18.8 Å². The first-order valence-corrected chi connectivity index (χ1v) is 5.82. The Hall–Kier alpha value is -0.710. The van der Waals surface area contributed by atoms with Crippen LogP contribution in [0, 0.1) is 11.8 Å². The van der Waals surface area contributed by atoms with E-state index in [1.54, 1.807) is 4.90 Å². The predicted molar refractivity (Wildman–Crippen MR) is 60.0 cm³/mol. The Morgan fingerprint density at radius 2 is 2.00 bits per heavy atom. The number of hydrogen-bond donors (Lipinski definition) is 2. The van der Waals surface area contributed by atoms with Crippen LogP contribution in [0.15, 0.2) is 0 Å². The molecule has 4 nitrogen and oxygen atoms in total. The van der Waals surface area contributed by atoms with Gasteiger partial charge in [0.1, 0.15) is 0 Å². The molecule has 5 heteroatoms. The van der Waals surface area contributed by atoms with E-state index in [9.17, 15) is 9.59 Å². The minimum atomic E-state index is -0.746. The molecule has 1 atom stereocenters. The summed E-state index contributed by atoms with van der Waals surface area (Å²) in [6.07, 6.45) is 1.14. The van der Waals surface area contributed by atoms with Crippen LogP contribution in [0.4, 0.5) is 0 Å². The van der Waals surface area contributed by atoms with Gasteiger partial charge in [-0.15, -0.1) is 0 Å². The highest BCUT2D eigenvalue weighted by Crippen LogP contribution is 2.19. The molecule has 1 aliphatic rings. The quantitative estimate of drug-likeness (QED) is 0.709. The van der Waals surface area contributed by atoms with Gasteiger partial charge in [0.05, 0.1) is 5.92 Å². The fourth-order valence-electron chi connectivity index (χ4n) is 1.74. The molecule has 0 aromatic rings. The fraction of sp³-hybridized carbons (Fsp3) is 0.800. The van der Waals surface area contributed by atoms with Crippen LogP contribution < -0.4 is 0 Å². The summed E-state index contributed by atoms with van der Waals surface area (Å²) >= 11 is 4.08. The lowest BCUT2D eigenvalue weighted by Crippen LogP contribution is -2.42. The topological polar surface area (TPSA) is 57.6 Å². The molecule has 0 bridgehead atoms. The van der Waals surface area contributed by atoms with Crippen LogP contribution in [-0.2, 0) is 9.59 Å². The number of aliphatic carboxylic acids is 1. The zero-order valence-corrected chi connectivity index (χ0v) is 9.74. The average molecular weight is 231 g/mol. The lowest BCUT2D eigenvalue weighted by molar-refractivity contribution is -0.146. The molecule has 1 rings (SSSR count). The highest BCUT2D eigenvalue weighted by atomic mass is 32.1. The van der Waals surface area contributed by atoms with Crippen molar-refractivity contribution in [3.05, 3.63) is 0 Å². The van der Waals surface area contributed by atoms with E-state index in [0.29, 0.717) is 31.7 Å². The van der Waals surface area contributed by atoms with Gasteiger partial charge in [0, 0.05) is 24.8 Å². The van der Waals surface area contributed by atoms with Gasteiger partial charge in [0.2, 0.25) is 5.91 Å². The van der Waals surface area contributed by atoms with E-state index in [-0.39, 0.29) is 17.7 Å². The summed E-state index contributed by atoms with van der Waals surface area (Å²) in [4.78, 5) is 24.2. The van der Waals surface area contributed by atoms with Crippen molar-refractivity contribution in [3.63, 3.8) is 0 Å². The van der Waals surface area contributed by atoms with Gasteiger partial charge >= 0.3 is 5.97 Å². The highest BCUT2D eigenvalue weighted by Gasteiger charge is 2.28. The van der Waals surface area contributed by atoms with Crippen LogP contribution in [0.25, 0.3) is 0 Å². The van der Waals surface area contributed by atoms with Gasteiger partial charge in [-0.25, -0.2) is 0 Å². The normalized spacial score (nSPS) is 20.0. The number of nitrogens with zero attached hydrogens (tertiary/aromatic N) is 1. The first kappa shape index (κ1) is 12.4. The fourth-order valence-corrected chi connectivity index (χ4v) is 1.89. The van der Waals surface area contributed by atoms with Gasteiger partial charge in [-0.1, -0.05) is 6.92 Å². The molecule has 1 aliphatic heterocycles. The van der Waals surface area contributed by atoms with Crippen molar-refractivity contribution in [1.29, 1.82) is 0 Å². The van der Waals surface area contributed by atoms with E-state index in [4.69, 9.17) is 5.11 Å². The average Bonchev–Trinajstić information content (AvgIpc) is 2.27. The van der Waals surface area contributed by atoms with E-state index >= 15 is 0 Å². The maximum absolute atomic E-state index is 11.7. The van der Waals surface area contributed by atoms with E-state index in [2.05, 4.69) is 12.6 Å². The number of amides is 1. The van der Waals surface area contributed by atoms with Gasteiger partial charge < -0.3 is 10.0 Å². The molecule has 0 unspecified atom stereocenters. The van der Waals surface area contributed by atoms with E-state index < -0.39 is 5.97 Å². The zero-order chi connectivity index (χ0) is 11.4. The predicted octanol–water partition coefficient (Wildman–Crippen LogP) is 0.875. The van der Waals surface area contributed by atoms with Crippen molar-refractivity contribution < 1.29 is 14.7 Å². The van der Waals surface area contributed by atoms with Gasteiger partial charge in [-0.05, 0) is 12.8 Å². The van der Waals surface area contributed by atoms with E-state index in [1.165, 1.54) is 0 Å². The Morgan fingerprint density at radius 1 is 1.47 bits per heavy atom. The Bertz CT molecular complexity index is 249. The molecule has 0 radical (unpaired) electrons. The second-order valence-corrected chi connectivity index (χ2v) is 4.39. The summed E-state index contributed by atoms with van der Waals surface area (Å²) in [5, 5.41) is 8.80. The molecule has 0 saturated carbocycles. The number of rotatable bonds is 3. The Morgan fingerprint density at radius 3 is 2.40 bits per heavy atom. The van der Waals surface area contributed by atoms with Crippen LogP contribution in [0.2, 0.25) is 0 Å². The summed E-state index contributed by atoms with van der Waals surface area (Å²) < 4.78 is 0. The van der Waals surface area contributed by atoms with Gasteiger partial charge in [0.25, 0.3) is 0 Å². The van der Waals surface area contributed by atoms with Crippen molar-refractivity contribution in [1.82, 2.24) is 4.90 Å². The monoisotopic (exact) mass is 231 g/mol. The first-order chi connectivity index (χ1) is 7.06. The molecule has 86 valence electrons. The maximum Gasteiger partial charge on any atom is 0.306 e. The van der Waals surface area contributed by atoms with Crippen LogP contribution >= 0.6 is 12.6 Å². The highest BCUT2D eigenvalue weighted by molar-refractivity contribution is 7.80. The second-order valence-electron chi connectivity index (χ2n) is 4.02. The van der Waals surface area contributed by atoms with Gasteiger partial charge in [-0.3, -0.25) is 9.59 Å². The number of carboxylic acid groups (broad SMARTS) is 1. The van der Waals surface area contributed by atoms with E-state index in [0.717, 1.165) is 0 Å². The van der Waals surface area contributed by atoms with Crippen molar-refractivity contribution in [2.45, 2.75) is 19.8 Å². The first-order valence-electron chi connectivity index (χ1n) is 5.18. The second kappa shape index (κ2) is 5.39. The summed E-state index contributed by atoms with van der Waals surface area (Å²) in [6, 6.07) is 0. The molecular weight excluding hydrogens is 214 g/mol. The zero-order valence-electron chi connectivity index (χ0n) is 8.85. The standard InChI is InChI=1S/C10H17NO3S/c1-7(6-15)9(12)11-4-2-8(3-5-11)10(13)14/h7-8,15H,2-6H2,1H3,(H,13,14)/t7-/m1/s1. The maximum atomic E-state index is 11.7. The Balaban J connectivity index is 2.43. The van der Waals surface area contributed by atoms with Crippen molar-refractivity contribution in [2.24, 2.45) is 11.8 Å². The smallest absolute Gasteiger partial charge is 0.306 e. The number of carbonyl (C=O) groups excluding carboxylic acids is 1. The molecule has 0 aromatic heterocycles. The molecule has 0 aliphatic carbocycles. The third-order valence-corrected chi connectivity index (χ3v) is 3.40. The minimum absolute atomic E-state index is 0.0743. The molecule has 1 saturated heterocycles. The molecule has 1 N–H and O–H groups in total. The van der Waals surface area contributed by atoms with Crippen LogP contribution in [0.3, 0.4) is 0 Å². The Labute approximate surface area is 95.1 Å². The molecule has 1 amide bonds. The lowest BCUT2D eigenvalue weighted by Gasteiger charge is -2.31. The summed E-state index contributed by atoms with van der Waals surface area (Å²) in [5.41, 5.74) is 0. The van der Waals surface area contributed by atoms with Gasteiger partial charge in [0.15, 0.2) is 0 Å². The number of hydrogen-bond acceptors (Lipinski definition) is 3. The molecule has 0 spiro atoms. The third kappa shape index (κ3) is 3.12. The van der Waals surface area contributed by atoms with E-state index in [1.807, 2.05) is 6.92 Å². The summed E-state index contributed by atoms with van der Waals surface area (Å²) in [7, 11) is 0. The SMILES string of the molecule is C[C@H](CS)C(=O)N1CCC(C(=O)O)CC1.